The Balaban J connectivity index is 3.21. The van der Waals surface area contributed by atoms with Crippen LogP contribution in [-0.4, -0.2) is 6.21 Å². The third-order valence-electron chi connectivity index (χ3n) is 1.42. The smallest absolute Gasteiger partial charge is 0.00168 e. The van der Waals surface area contributed by atoms with Crippen molar-refractivity contribution in [3.05, 3.63) is 0 Å². The molecule has 1 nitrogen and oxygen atoms in total. The van der Waals surface area contributed by atoms with Gasteiger partial charge in [0.1, 0.15) is 0 Å². The molecule has 0 saturated carbocycles. The van der Waals surface area contributed by atoms with Crippen LogP contribution in [0.4, 0.5) is 0 Å². The van der Waals surface area contributed by atoms with Crippen LogP contribution in [0.5, 0.6) is 0 Å². The van der Waals surface area contributed by atoms with E-state index in [4.69, 9.17) is 5.41 Å². The molecule has 0 aliphatic heterocycles. The van der Waals surface area contributed by atoms with Crippen LogP contribution >= 0.6 is 0 Å². The average Bonchev–Trinajstić information content (AvgIpc) is 1.83. The van der Waals surface area contributed by atoms with Gasteiger partial charge in [0.2, 0.25) is 0 Å². The first kappa shape index (κ1) is 7.67. The summed E-state index contributed by atoms with van der Waals surface area (Å²) in [5.41, 5.74) is 0. The molecule has 0 aromatic rings. The van der Waals surface area contributed by atoms with Gasteiger partial charge in [0.05, 0.1) is 0 Å². The molecule has 0 fully saturated rings. The van der Waals surface area contributed by atoms with Crippen LogP contribution in [-0.2, 0) is 0 Å². The fourth-order valence-corrected chi connectivity index (χ4v) is 0.776. The third kappa shape index (κ3) is 2.78. The molecule has 0 aliphatic rings. The molecule has 1 N–H and O–H groups in total. The maximum atomic E-state index is 6.94. The van der Waals surface area contributed by atoms with Gasteiger partial charge in [0, 0.05) is 0 Å². The minimum atomic E-state index is 0.542. The number of rotatable bonds is 4. The normalized spacial score (nSPS) is 13.2. The second kappa shape index (κ2) is 4.82. The summed E-state index contributed by atoms with van der Waals surface area (Å²) in [5.74, 6) is 0.542. The van der Waals surface area contributed by atoms with Gasteiger partial charge in [-0.05, 0) is 25.0 Å². The third-order valence-corrected chi connectivity index (χ3v) is 1.42. The first-order chi connectivity index (χ1) is 3.85. The Labute approximate surface area is 51.6 Å². The van der Waals surface area contributed by atoms with Crippen molar-refractivity contribution in [3.8, 4) is 0 Å². The Hall–Kier alpha value is -0.330. The van der Waals surface area contributed by atoms with Gasteiger partial charge in [-0.1, -0.05) is 20.3 Å². The molecule has 0 aliphatic carbocycles. The van der Waals surface area contributed by atoms with Crippen molar-refractivity contribution in [2.24, 2.45) is 5.92 Å². The van der Waals surface area contributed by atoms with E-state index in [0.717, 1.165) is 6.42 Å². The summed E-state index contributed by atoms with van der Waals surface area (Å²) in [7, 11) is 0. The predicted octanol–water partition coefficient (Wildman–Crippen LogP) is 2.46. The molecule has 0 bridgehead atoms. The Morgan fingerprint density at radius 2 is 2.12 bits per heavy atom. The molecular formula is C7H15N. The maximum absolute atomic E-state index is 6.94. The van der Waals surface area contributed by atoms with Crippen LogP contribution in [0.2, 0.25) is 0 Å². The summed E-state index contributed by atoms with van der Waals surface area (Å²) in [5, 5.41) is 6.94. The van der Waals surface area contributed by atoms with E-state index in [-0.39, 0.29) is 0 Å². The molecule has 0 aromatic carbocycles. The highest BCUT2D eigenvalue weighted by molar-refractivity contribution is 5.56. The van der Waals surface area contributed by atoms with Gasteiger partial charge >= 0.3 is 0 Å². The van der Waals surface area contributed by atoms with Crippen LogP contribution in [0.25, 0.3) is 0 Å². The van der Waals surface area contributed by atoms with E-state index in [2.05, 4.69) is 13.8 Å². The van der Waals surface area contributed by atoms with Crippen molar-refractivity contribution >= 4 is 6.21 Å². The van der Waals surface area contributed by atoms with E-state index in [0.29, 0.717) is 5.92 Å². The minimum absolute atomic E-state index is 0.542. The summed E-state index contributed by atoms with van der Waals surface area (Å²) < 4.78 is 0. The van der Waals surface area contributed by atoms with Crippen molar-refractivity contribution in [2.75, 3.05) is 0 Å². The lowest BCUT2D eigenvalue weighted by molar-refractivity contribution is 0.603. The zero-order valence-electron chi connectivity index (χ0n) is 5.78. The summed E-state index contributed by atoms with van der Waals surface area (Å²) in [6.07, 6.45) is 5.06. The summed E-state index contributed by atoms with van der Waals surface area (Å²) in [4.78, 5) is 0. The fourth-order valence-electron chi connectivity index (χ4n) is 0.776. The summed E-state index contributed by atoms with van der Waals surface area (Å²) >= 11 is 0. The molecule has 1 atom stereocenters. The van der Waals surface area contributed by atoms with Crippen molar-refractivity contribution in [1.29, 1.82) is 5.41 Å². The first-order valence-corrected chi connectivity index (χ1v) is 3.35. The van der Waals surface area contributed by atoms with Crippen LogP contribution in [0.15, 0.2) is 0 Å². The lowest BCUT2D eigenvalue weighted by Crippen LogP contribution is -1.97. The maximum Gasteiger partial charge on any atom is -0.00168 e. The van der Waals surface area contributed by atoms with Gasteiger partial charge in [-0.15, -0.1) is 0 Å². The molecule has 48 valence electrons. The average molecular weight is 113 g/mol. The van der Waals surface area contributed by atoms with Gasteiger partial charge in [-0.3, -0.25) is 0 Å². The molecule has 0 spiro atoms. The predicted molar refractivity (Wildman–Crippen MR) is 37.5 cm³/mol. The second-order valence-corrected chi connectivity index (χ2v) is 2.12. The Morgan fingerprint density at radius 1 is 1.50 bits per heavy atom. The fraction of sp³-hybridized carbons (Fsp3) is 0.857. The SMILES string of the molecule is CCC[C@@H](C=N)CC. The van der Waals surface area contributed by atoms with Gasteiger partial charge < -0.3 is 5.41 Å². The van der Waals surface area contributed by atoms with E-state index >= 15 is 0 Å². The number of hydrogen-bond donors (Lipinski definition) is 1. The molecule has 0 saturated heterocycles. The van der Waals surface area contributed by atoms with E-state index in [9.17, 15) is 0 Å². The molecule has 1 heteroatoms. The van der Waals surface area contributed by atoms with Crippen LogP contribution in [0.1, 0.15) is 33.1 Å². The Kier molecular flexibility index (Phi) is 4.62. The highest BCUT2D eigenvalue weighted by atomic mass is 14.3. The minimum Gasteiger partial charge on any atom is -0.313 e. The summed E-state index contributed by atoms with van der Waals surface area (Å²) in [6, 6.07) is 0. The van der Waals surface area contributed by atoms with Crippen molar-refractivity contribution in [1.82, 2.24) is 0 Å². The van der Waals surface area contributed by atoms with Crippen LogP contribution < -0.4 is 0 Å². The largest absolute Gasteiger partial charge is 0.313 e. The van der Waals surface area contributed by atoms with E-state index in [1.54, 1.807) is 6.21 Å². The molecule has 0 aromatic heterocycles. The quantitative estimate of drug-likeness (QED) is 0.541. The summed E-state index contributed by atoms with van der Waals surface area (Å²) in [6.45, 7) is 4.29. The van der Waals surface area contributed by atoms with E-state index in [1.165, 1.54) is 12.8 Å². The number of nitrogens with one attached hydrogen (secondary N) is 1. The zero-order valence-corrected chi connectivity index (χ0v) is 5.78. The van der Waals surface area contributed by atoms with E-state index < -0.39 is 0 Å². The van der Waals surface area contributed by atoms with Gasteiger partial charge in [0.15, 0.2) is 0 Å². The van der Waals surface area contributed by atoms with Gasteiger partial charge in [-0.2, -0.15) is 0 Å². The van der Waals surface area contributed by atoms with Crippen molar-refractivity contribution in [3.63, 3.8) is 0 Å². The lowest BCUT2D eigenvalue weighted by Gasteiger charge is -2.03. The monoisotopic (exact) mass is 113 g/mol. The Bertz CT molecular complexity index is 59.4. The molecular weight excluding hydrogens is 98.1 g/mol. The highest BCUT2D eigenvalue weighted by Gasteiger charge is 1.97. The zero-order chi connectivity index (χ0) is 6.41. The standard InChI is InChI=1S/C7H15N/c1-3-5-7(4-2)6-8/h6-8H,3-5H2,1-2H3/t7-/m0/s1. The molecule has 0 rings (SSSR count). The molecule has 0 amide bonds. The van der Waals surface area contributed by atoms with Crippen molar-refractivity contribution in [2.45, 2.75) is 33.1 Å². The first-order valence-electron chi connectivity index (χ1n) is 3.35. The topological polar surface area (TPSA) is 23.9 Å². The molecule has 0 unspecified atom stereocenters. The molecule has 0 radical (unpaired) electrons. The van der Waals surface area contributed by atoms with Crippen LogP contribution in [0.3, 0.4) is 0 Å². The number of hydrogen-bond acceptors (Lipinski definition) is 1. The van der Waals surface area contributed by atoms with Gasteiger partial charge in [-0.25, -0.2) is 0 Å². The van der Waals surface area contributed by atoms with E-state index in [1.807, 2.05) is 0 Å². The molecule has 0 heterocycles. The molecule has 8 heavy (non-hydrogen) atoms. The Morgan fingerprint density at radius 3 is 2.25 bits per heavy atom. The highest BCUT2D eigenvalue weighted by Crippen LogP contribution is 2.05. The van der Waals surface area contributed by atoms with Crippen molar-refractivity contribution < 1.29 is 0 Å². The van der Waals surface area contributed by atoms with Crippen LogP contribution in [0, 0.1) is 11.3 Å². The van der Waals surface area contributed by atoms with Gasteiger partial charge in [0.25, 0.3) is 0 Å². The lowest BCUT2D eigenvalue weighted by atomic mass is 10.0. The second-order valence-electron chi connectivity index (χ2n) is 2.12.